The Kier molecular flexibility index (Phi) is 9.74. The minimum Gasteiger partial charge on any atom is -0.293 e. The summed E-state index contributed by atoms with van der Waals surface area (Å²) in [6, 6.07) is 11.8. The number of unbranched alkanes of at least 4 members (excludes halogenated alkanes) is 4. The van der Waals surface area contributed by atoms with Crippen molar-refractivity contribution >= 4 is 51.1 Å². The van der Waals surface area contributed by atoms with Gasteiger partial charge in [-0.2, -0.15) is 0 Å². The lowest BCUT2D eigenvalue weighted by molar-refractivity contribution is 0.0998. The molecule has 0 fully saturated rings. The van der Waals surface area contributed by atoms with Gasteiger partial charge in [-0.1, -0.05) is 65.7 Å². The lowest BCUT2D eigenvalue weighted by Crippen LogP contribution is -1.99. The Morgan fingerprint density at radius 1 is 0.711 bits per heavy atom. The molecular weight excluding hydrogens is 541 g/mol. The SMILES string of the molecule is CCCCCCCC(CCC)c1ccsc1-c1ccc(-c2sc(-c3cc4c(s3)C(=O)CC4)cc2CCC)s1. The van der Waals surface area contributed by atoms with Crippen molar-refractivity contribution in [1.29, 1.82) is 0 Å². The summed E-state index contributed by atoms with van der Waals surface area (Å²) in [6.45, 7) is 6.90. The molecule has 0 N–H and O–H groups in total. The maximum absolute atomic E-state index is 12.3. The molecule has 0 bridgehead atoms. The smallest absolute Gasteiger partial charge is 0.173 e. The molecule has 4 aromatic heterocycles. The first-order chi connectivity index (χ1) is 18.6. The van der Waals surface area contributed by atoms with Crippen LogP contribution in [0.4, 0.5) is 0 Å². The molecule has 0 spiro atoms. The van der Waals surface area contributed by atoms with E-state index in [9.17, 15) is 4.79 Å². The van der Waals surface area contributed by atoms with Crippen molar-refractivity contribution in [3.8, 4) is 29.3 Å². The highest BCUT2D eigenvalue weighted by Crippen LogP contribution is 2.48. The molecule has 1 atom stereocenters. The highest BCUT2D eigenvalue weighted by molar-refractivity contribution is 7.28. The summed E-state index contributed by atoms with van der Waals surface area (Å²) in [4.78, 5) is 21.6. The molecule has 38 heavy (non-hydrogen) atoms. The summed E-state index contributed by atoms with van der Waals surface area (Å²) in [5.74, 6) is 1.01. The third-order valence-corrected chi connectivity index (χ3v) is 12.7. The van der Waals surface area contributed by atoms with Gasteiger partial charge in [-0.3, -0.25) is 4.79 Å². The van der Waals surface area contributed by atoms with Crippen LogP contribution in [0.15, 0.2) is 35.7 Å². The normalized spacial score (nSPS) is 13.9. The number of Topliss-reactive ketones (excluding diaryl/α,β-unsaturated/α-hetero) is 1. The van der Waals surface area contributed by atoms with Crippen molar-refractivity contribution in [3.05, 3.63) is 57.3 Å². The minimum absolute atomic E-state index is 0.332. The van der Waals surface area contributed by atoms with Crippen molar-refractivity contribution in [2.45, 2.75) is 104 Å². The number of thiophene rings is 4. The van der Waals surface area contributed by atoms with Crippen molar-refractivity contribution < 1.29 is 4.79 Å². The van der Waals surface area contributed by atoms with E-state index in [4.69, 9.17) is 0 Å². The molecule has 0 aliphatic heterocycles. The molecule has 0 amide bonds. The van der Waals surface area contributed by atoms with Gasteiger partial charge in [0.05, 0.1) is 4.88 Å². The molecule has 1 nitrogen and oxygen atoms in total. The number of carbonyl (C=O) groups is 1. The number of carbonyl (C=O) groups excluding carboxylic acids is 1. The van der Waals surface area contributed by atoms with Crippen molar-refractivity contribution in [1.82, 2.24) is 0 Å². The van der Waals surface area contributed by atoms with Crippen LogP contribution in [0, 0.1) is 0 Å². The molecule has 0 aromatic carbocycles. The molecule has 1 aliphatic carbocycles. The second-order valence-corrected chi connectivity index (χ2v) is 14.8. The van der Waals surface area contributed by atoms with Gasteiger partial charge in [0, 0.05) is 35.7 Å². The largest absolute Gasteiger partial charge is 0.293 e. The maximum atomic E-state index is 12.3. The Bertz CT molecular complexity index is 1350. The highest BCUT2D eigenvalue weighted by Gasteiger charge is 2.25. The number of hydrogen-bond donors (Lipinski definition) is 0. The van der Waals surface area contributed by atoms with Crippen LogP contribution in [-0.4, -0.2) is 5.78 Å². The summed E-state index contributed by atoms with van der Waals surface area (Å²) in [7, 11) is 0. The molecule has 1 aliphatic rings. The Morgan fingerprint density at radius 2 is 1.47 bits per heavy atom. The molecule has 5 heteroatoms. The Hall–Kier alpha value is -1.53. The number of aryl methyl sites for hydroxylation is 2. The minimum atomic E-state index is 0.332. The third-order valence-electron chi connectivity index (χ3n) is 7.74. The molecule has 0 saturated carbocycles. The summed E-state index contributed by atoms with van der Waals surface area (Å²) < 4.78 is 0. The van der Waals surface area contributed by atoms with Gasteiger partial charge in [0.25, 0.3) is 0 Å². The first-order valence-corrected chi connectivity index (χ1v) is 17.9. The Balaban J connectivity index is 1.39. The molecule has 202 valence electrons. The number of ketones is 1. The highest BCUT2D eigenvalue weighted by atomic mass is 32.1. The standard InChI is InChI=1S/C33H40OS4/c1-4-7-8-9-10-13-22(11-5-2)25-18-19-35-33(25)28-17-16-27(36-28)32-23(12-6-3)20-30(38-32)29-21-24-14-15-26(34)31(24)37-29/h16-22H,4-15H2,1-3H3. The molecule has 0 radical (unpaired) electrons. The monoisotopic (exact) mass is 580 g/mol. The quantitative estimate of drug-likeness (QED) is 0.136. The van der Waals surface area contributed by atoms with Crippen LogP contribution in [0.3, 0.4) is 0 Å². The molecule has 4 aromatic rings. The zero-order chi connectivity index (χ0) is 26.5. The van der Waals surface area contributed by atoms with Crippen molar-refractivity contribution in [2.75, 3.05) is 0 Å². The van der Waals surface area contributed by atoms with Gasteiger partial charge < -0.3 is 0 Å². The predicted octanol–water partition coefficient (Wildman–Crippen LogP) is 12.3. The van der Waals surface area contributed by atoms with Gasteiger partial charge in [-0.05, 0) is 84.0 Å². The van der Waals surface area contributed by atoms with Gasteiger partial charge in [0.1, 0.15) is 0 Å². The van der Waals surface area contributed by atoms with E-state index in [2.05, 4.69) is 56.5 Å². The predicted molar refractivity (Wildman–Crippen MR) is 172 cm³/mol. The lowest BCUT2D eigenvalue weighted by Gasteiger charge is -2.17. The summed E-state index contributed by atoms with van der Waals surface area (Å²) in [5, 5.41) is 2.31. The van der Waals surface area contributed by atoms with Gasteiger partial charge in [-0.15, -0.1) is 45.3 Å². The molecule has 4 heterocycles. The van der Waals surface area contributed by atoms with E-state index in [1.807, 2.05) is 34.0 Å². The lowest BCUT2D eigenvalue weighted by atomic mass is 9.89. The zero-order valence-electron chi connectivity index (χ0n) is 23.1. The van der Waals surface area contributed by atoms with E-state index in [1.54, 1.807) is 16.9 Å². The summed E-state index contributed by atoms with van der Waals surface area (Å²) in [6.07, 6.45) is 14.5. The van der Waals surface area contributed by atoms with E-state index in [0.29, 0.717) is 18.1 Å². The van der Waals surface area contributed by atoms with Crippen LogP contribution in [0.5, 0.6) is 0 Å². The van der Waals surface area contributed by atoms with E-state index >= 15 is 0 Å². The van der Waals surface area contributed by atoms with E-state index in [-0.39, 0.29) is 0 Å². The topological polar surface area (TPSA) is 17.1 Å². The van der Waals surface area contributed by atoms with E-state index in [0.717, 1.165) is 24.1 Å². The van der Waals surface area contributed by atoms with Crippen molar-refractivity contribution in [3.63, 3.8) is 0 Å². The van der Waals surface area contributed by atoms with Gasteiger partial charge in [-0.25, -0.2) is 0 Å². The van der Waals surface area contributed by atoms with Crippen LogP contribution in [0.1, 0.15) is 117 Å². The second-order valence-electron chi connectivity index (χ2n) is 10.7. The van der Waals surface area contributed by atoms with Crippen LogP contribution in [0.25, 0.3) is 29.3 Å². The van der Waals surface area contributed by atoms with Crippen LogP contribution in [0.2, 0.25) is 0 Å². The zero-order valence-corrected chi connectivity index (χ0v) is 26.3. The average molecular weight is 581 g/mol. The van der Waals surface area contributed by atoms with E-state index in [1.165, 1.54) is 91.8 Å². The fourth-order valence-corrected chi connectivity index (χ4v) is 10.5. The number of rotatable bonds is 14. The first-order valence-electron chi connectivity index (χ1n) is 14.6. The van der Waals surface area contributed by atoms with Gasteiger partial charge >= 0.3 is 0 Å². The number of fused-ring (bicyclic) bond motifs is 1. The first kappa shape index (κ1) is 28.0. The summed E-state index contributed by atoms with van der Waals surface area (Å²) >= 11 is 7.53. The van der Waals surface area contributed by atoms with Crippen LogP contribution in [-0.2, 0) is 12.8 Å². The number of hydrogen-bond acceptors (Lipinski definition) is 5. The molecule has 5 rings (SSSR count). The Labute approximate surface area is 245 Å². The maximum Gasteiger partial charge on any atom is 0.173 e. The molecule has 1 unspecified atom stereocenters. The summed E-state index contributed by atoms with van der Waals surface area (Å²) in [5.41, 5.74) is 4.31. The van der Waals surface area contributed by atoms with Crippen molar-refractivity contribution in [2.24, 2.45) is 0 Å². The van der Waals surface area contributed by atoms with E-state index < -0.39 is 0 Å². The van der Waals surface area contributed by atoms with Crippen LogP contribution < -0.4 is 0 Å². The Morgan fingerprint density at radius 3 is 2.24 bits per heavy atom. The second kappa shape index (κ2) is 13.2. The average Bonchev–Trinajstić information content (AvgIpc) is 3.73. The molecular formula is C33H40OS4. The third kappa shape index (κ3) is 6.11. The van der Waals surface area contributed by atoms with Gasteiger partial charge in [0.2, 0.25) is 0 Å². The fourth-order valence-electron chi connectivity index (χ4n) is 5.77. The van der Waals surface area contributed by atoms with Gasteiger partial charge in [0.15, 0.2) is 5.78 Å². The molecule has 0 saturated heterocycles. The fraction of sp³-hybridized carbons (Fsp3) is 0.485. The van der Waals surface area contributed by atoms with Crippen LogP contribution >= 0.6 is 45.3 Å².